The number of benzene rings is 1. The smallest absolute Gasteiger partial charge is 0.338 e. The number of carbonyl (C=O) groups excluding carboxylic acids is 1. The van der Waals surface area contributed by atoms with Gasteiger partial charge in [-0.2, -0.15) is 0 Å². The van der Waals surface area contributed by atoms with Gasteiger partial charge in [-0.05, 0) is 43.0 Å². The molecule has 0 atom stereocenters. The first-order valence-corrected chi connectivity index (χ1v) is 7.41. The second-order valence-electron chi connectivity index (χ2n) is 5.72. The molecule has 4 heteroatoms. The highest BCUT2D eigenvalue weighted by Gasteiger charge is 2.17. The lowest BCUT2D eigenvalue weighted by Crippen LogP contribution is -2.32. The van der Waals surface area contributed by atoms with Crippen LogP contribution in [-0.2, 0) is 4.74 Å². The summed E-state index contributed by atoms with van der Waals surface area (Å²) in [7, 11) is 1.41. The normalized spacial score (nSPS) is 16.2. The molecule has 0 N–H and O–H groups in total. The molecule has 0 spiro atoms. The molecule has 1 aromatic carbocycles. The lowest BCUT2D eigenvalue weighted by atomic mass is 9.98. The second kappa shape index (κ2) is 5.72. The van der Waals surface area contributed by atoms with Crippen LogP contribution in [0, 0.1) is 5.92 Å². The number of methoxy groups -OCH3 is 1. The molecule has 1 fully saturated rings. The van der Waals surface area contributed by atoms with Gasteiger partial charge in [0, 0.05) is 30.4 Å². The summed E-state index contributed by atoms with van der Waals surface area (Å²) in [6.45, 7) is 4.44. The minimum Gasteiger partial charge on any atom is -0.465 e. The van der Waals surface area contributed by atoms with Crippen molar-refractivity contribution in [3.8, 4) is 0 Å². The Hall–Kier alpha value is -2.10. The number of fused-ring (bicyclic) bond motifs is 1. The summed E-state index contributed by atoms with van der Waals surface area (Å²) in [5, 5.41) is 0.862. The van der Waals surface area contributed by atoms with Crippen LogP contribution in [0.15, 0.2) is 30.5 Å². The third-order valence-electron chi connectivity index (χ3n) is 4.28. The summed E-state index contributed by atoms with van der Waals surface area (Å²) >= 11 is 0. The van der Waals surface area contributed by atoms with Gasteiger partial charge in [0.25, 0.3) is 0 Å². The van der Waals surface area contributed by atoms with Gasteiger partial charge in [-0.25, -0.2) is 4.79 Å². The molecule has 1 saturated heterocycles. The predicted octanol–water partition coefficient (Wildman–Crippen LogP) is 3.26. The SMILES string of the molecule is COC(=O)c1ccnc2ccc(N3CCC(C)CC3)cc12. The standard InChI is InChI=1S/C17H20N2O2/c1-12-6-9-19(10-7-12)13-3-4-16-15(11-13)14(5-8-18-16)17(20)21-2/h3-5,8,11-12H,6-7,9-10H2,1-2H3. The van der Waals surface area contributed by atoms with Gasteiger partial charge < -0.3 is 9.64 Å². The molecule has 21 heavy (non-hydrogen) atoms. The number of esters is 1. The maximum Gasteiger partial charge on any atom is 0.338 e. The van der Waals surface area contributed by atoms with E-state index in [2.05, 4.69) is 28.9 Å². The van der Waals surface area contributed by atoms with Crippen LogP contribution in [0.25, 0.3) is 10.9 Å². The average molecular weight is 284 g/mol. The Labute approximate surface area is 124 Å². The van der Waals surface area contributed by atoms with Crippen molar-refractivity contribution in [3.05, 3.63) is 36.0 Å². The summed E-state index contributed by atoms with van der Waals surface area (Å²) in [5.41, 5.74) is 2.56. The number of carbonyl (C=O) groups is 1. The Morgan fingerprint density at radius 2 is 2.05 bits per heavy atom. The molecule has 0 bridgehead atoms. The second-order valence-corrected chi connectivity index (χ2v) is 5.72. The Morgan fingerprint density at radius 1 is 1.29 bits per heavy atom. The van der Waals surface area contributed by atoms with Crippen molar-refractivity contribution in [1.82, 2.24) is 4.98 Å². The minimum atomic E-state index is -0.313. The molecule has 0 unspecified atom stereocenters. The van der Waals surface area contributed by atoms with Crippen LogP contribution in [-0.4, -0.2) is 31.2 Å². The van der Waals surface area contributed by atoms with Crippen molar-refractivity contribution < 1.29 is 9.53 Å². The quantitative estimate of drug-likeness (QED) is 0.794. The average Bonchev–Trinajstić information content (AvgIpc) is 2.54. The number of piperidine rings is 1. The van der Waals surface area contributed by atoms with Crippen molar-refractivity contribution >= 4 is 22.6 Å². The Morgan fingerprint density at radius 3 is 2.76 bits per heavy atom. The molecule has 3 rings (SSSR count). The van der Waals surface area contributed by atoms with Crippen LogP contribution >= 0.6 is 0 Å². The topological polar surface area (TPSA) is 42.4 Å². The monoisotopic (exact) mass is 284 g/mol. The third-order valence-corrected chi connectivity index (χ3v) is 4.28. The molecule has 2 heterocycles. The van der Waals surface area contributed by atoms with Crippen molar-refractivity contribution in [2.45, 2.75) is 19.8 Å². The molecule has 2 aromatic rings. The van der Waals surface area contributed by atoms with Crippen LogP contribution < -0.4 is 4.90 Å². The first-order chi connectivity index (χ1) is 10.2. The van der Waals surface area contributed by atoms with Crippen molar-refractivity contribution in [3.63, 3.8) is 0 Å². The van der Waals surface area contributed by atoms with E-state index < -0.39 is 0 Å². The largest absolute Gasteiger partial charge is 0.465 e. The van der Waals surface area contributed by atoms with E-state index in [9.17, 15) is 4.79 Å². The fraction of sp³-hybridized carbons (Fsp3) is 0.412. The predicted molar refractivity (Wildman–Crippen MR) is 83.7 cm³/mol. The van der Waals surface area contributed by atoms with Gasteiger partial charge in [0.05, 0.1) is 18.2 Å². The maximum atomic E-state index is 11.9. The highest BCUT2D eigenvalue weighted by Crippen LogP contribution is 2.27. The number of hydrogen-bond donors (Lipinski definition) is 0. The van der Waals surface area contributed by atoms with Gasteiger partial charge in [-0.15, -0.1) is 0 Å². The molecule has 0 radical (unpaired) electrons. The van der Waals surface area contributed by atoms with Gasteiger partial charge in [0.2, 0.25) is 0 Å². The van der Waals surface area contributed by atoms with E-state index >= 15 is 0 Å². The van der Waals surface area contributed by atoms with E-state index in [0.717, 1.165) is 35.6 Å². The molecule has 0 amide bonds. The summed E-state index contributed by atoms with van der Waals surface area (Å²) in [6, 6.07) is 7.85. The zero-order valence-corrected chi connectivity index (χ0v) is 12.5. The molecule has 0 saturated carbocycles. The van der Waals surface area contributed by atoms with E-state index in [1.165, 1.54) is 20.0 Å². The van der Waals surface area contributed by atoms with Crippen molar-refractivity contribution in [2.75, 3.05) is 25.1 Å². The fourth-order valence-corrected chi connectivity index (χ4v) is 2.89. The lowest BCUT2D eigenvalue weighted by Gasteiger charge is -2.32. The number of hydrogen-bond acceptors (Lipinski definition) is 4. The number of rotatable bonds is 2. The van der Waals surface area contributed by atoms with E-state index in [1.54, 1.807) is 12.3 Å². The molecule has 1 aromatic heterocycles. The zero-order valence-electron chi connectivity index (χ0n) is 12.5. The Kier molecular flexibility index (Phi) is 3.78. The van der Waals surface area contributed by atoms with Gasteiger partial charge in [0.15, 0.2) is 0 Å². The van der Waals surface area contributed by atoms with Gasteiger partial charge in [0.1, 0.15) is 0 Å². The highest BCUT2D eigenvalue weighted by atomic mass is 16.5. The summed E-state index contributed by atoms with van der Waals surface area (Å²) in [6.07, 6.45) is 4.08. The van der Waals surface area contributed by atoms with E-state index in [-0.39, 0.29) is 5.97 Å². The third kappa shape index (κ3) is 2.71. The number of anilines is 1. The Bertz CT molecular complexity index is 661. The highest BCUT2D eigenvalue weighted by molar-refractivity contribution is 6.04. The number of nitrogens with zero attached hydrogens (tertiary/aromatic N) is 2. The van der Waals surface area contributed by atoms with Crippen LogP contribution in [0.2, 0.25) is 0 Å². The van der Waals surface area contributed by atoms with Gasteiger partial charge in [-0.1, -0.05) is 6.92 Å². The van der Waals surface area contributed by atoms with Crippen LogP contribution in [0.5, 0.6) is 0 Å². The van der Waals surface area contributed by atoms with Crippen LogP contribution in [0.4, 0.5) is 5.69 Å². The number of ether oxygens (including phenoxy) is 1. The van der Waals surface area contributed by atoms with E-state index in [4.69, 9.17) is 4.74 Å². The number of pyridine rings is 1. The zero-order chi connectivity index (χ0) is 14.8. The van der Waals surface area contributed by atoms with Crippen LogP contribution in [0.3, 0.4) is 0 Å². The van der Waals surface area contributed by atoms with E-state index in [1.807, 2.05) is 6.07 Å². The molecule has 110 valence electrons. The summed E-state index contributed by atoms with van der Waals surface area (Å²) < 4.78 is 4.86. The lowest BCUT2D eigenvalue weighted by molar-refractivity contribution is 0.0603. The first kappa shape index (κ1) is 13.9. The first-order valence-electron chi connectivity index (χ1n) is 7.41. The minimum absolute atomic E-state index is 0.313. The molecular formula is C17H20N2O2. The molecule has 4 nitrogen and oxygen atoms in total. The summed E-state index contributed by atoms with van der Waals surface area (Å²) in [5.74, 6) is 0.487. The number of aromatic nitrogens is 1. The summed E-state index contributed by atoms with van der Waals surface area (Å²) in [4.78, 5) is 18.6. The fourth-order valence-electron chi connectivity index (χ4n) is 2.89. The molecular weight excluding hydrogens is 264 g/mol. The van der Waals surface area contributed by atoms with Gasteiger partial charge >= 0.3 is 5.97 Å². The maximum absolute atomic E-state index is 11.9. The van der Waals surface area contributed by atoms with Crippen LogP contribution in [0.1, 0.15) is 30.1 Å². The van der Waals surface area contributed by atoms with Crippen molar-refractivity contribution in [1.29, 1.82) is 0 Å². The molecule has 1 aliphatic rings. The molecule has 0 aliphatic carbocycles. The Balaban J connectivity index is 2.00. The van der Waals surface area contributed by atoms with E-state index in [0.29, 0.717) is 5.56 Å². The van der Waals surface area contributed by atoms with Gasteiger partial charge in [-0.3, -0.25) is 4.98 Å². The molecule has 1 aliphatic heterocycles. The van der Waals surface area contributed by atoms with Crippen molar-refractivity contribution in [2.24, 2.45) is 5.92 Å².